The van der Waals surface area contributed by atoms with E-state index in [1.165, 1.54) is 13.3 Å². The van der Waals surface area contributed by atoms with E-state index in [1.54, 1.807) is 17.4 Å². The van der Waals surface area contributed by atoms with Gasteiger partial charge in [0.25, 0.3) is 0 Å². The van der Waals surface area contributed by atoms with E-state index >= 15 is 0 Å². The van der Waals surface area contributed by atoms with E-state index < -0.39 is 29.2 Å². The summed E-state index contributed by atoms with van der Waals surface area (Å²) in [5.74, 6) is -0.601. The van der Waals surface area contributed by atoms with Crippen molar-refractivity contribution in [2.75, 3.05) is 6.61 Å². The molecule has 0 spiro atoms. The Labute approximate surface area is 218 Å². The molecule has 6 aliphatic rings. The fourth-order valence-electron chi connectivity index (χ4n) is 9.14. The topological polar surface area (TPSA) is 102 Å². The maximum Gasteiger partial charge on any atom is 0.303 e. The number of esters is 1. The lowest BCUT2D eigenvalue weighted by atomic mass is 9.46. The summed E-state index contributed by atoms with van der Waals surface area (Å²) in [5, 5.41) is 13.4. The zero-order chi connectivity index (χ0) is 26.2. The molecule has 0 aromatic heterocycles. The van der Waals surface area contributed by atoms with Crippen LogP contribution in [0.1, 0.15) is 78.6 Å². The standard InChI is InChI=1S/C29H39NO7/c1-17(31)35-16-24(34)29-25(36-30(37-29)19-7-5-4-6-8-19)14-22-21-10-9-18-13-20(32)11-12-27(18,2)26(21)23(33)15-28(22,29)3/h11-13,19,21-23,25-26,33H,4-10,14-16H2,1-3H3/t21?,22?,23-,25?,26?,27-,28-,29?/m0/s1. The van der Waals surface area contributed by atoms with E-state index in [2.05, 4.69) is 13.8 Å². The fourth-order valence-corrected chi connectivity index (χ4v) is 9.14. The molecule has 202 valence electrons. The molecule has 1 heterocycles. The number of aliphatic hydroxyl groups is 1. The minimum atomic E-state index is -1.31. The smallest absolute Gasteiger partial charge is 0.303 e. The molecule has 1 saturated heterocycles. The molecule has 8 heteroatoms. The average molecular weight is 514 g/mol. The van der Waals surface area contributed by atoms with E-state index in [4.69, 9.17) is 14.4 Å². The normalized spacial score (nSPS) is 45.5. The van der Waals surface area contributed by atoms with Gasteiger partial charge in [0.05, 0.1) is 12.1 Å². The van der Waals surface area contributed by atoms with Crippen LogP contribution in [0.5, 0.6) is 0 Å². The van der Waals surface area contributed by atoms with Crippen LogP contribution in [0.25, 0.3) is 0 Å². The first-order chi connectivity index (χ1) is 17.6. The Morgan fingerprint density at radius 3 is 2.68 bits per heavy atom. The summed E-state index contributed by atoms with van der Waals surface area (Å²) in [4.78, 5) is 50.8. The Hall–Kier alpha value is -1.87. The van der Waals surface area contributed by atoms with Crippen LogP contribution in [-0.2, 0) is 28.8 Å². The van der Waals surface area contributed by atoms with Gasteiger partial charge >= 0.3 is 5.97 Å². The summed E-state index contributed by atoms with van der Waals surface area (Å²) >= 11 is 0. The third-order valence-electron chi connectivity index (χ3n) is 10.8. The van der Waals surface area contributed by atoms with Crippen molar-refractivity contribution >= 4 is 17.5 Å². The minimum Gasteiger partial charge on any atom is -0.458 e. The lowest BCUT2D eigenvalue weighted by molar-refractivity contribution is -0.365. The summed E-state index contributed by atoms with van der Waals surface area (Å²) in [5.41, 5.74) is -1.30. The average Bonchev–Trinajstić information content (AvgIpc) is 3.36. The summed E-state index contributed by atoms with van der Waals surface area (Å²) in [7, 11) is 0. The molecule has 6 rings (SSSR count). The zero-order valence-corrected chi connectivity index (χ0v) is 22.1. The van der Waals surface area contributed by atoms with Gasteiger partial charge in [0.1, 0.15) is 6.10 Å². The highest BCUT2D eigenvalue weighted by atomic mass is 17.0. The van der Waals surface area contributed by atoms with Crippen LogP contribution in [0.15, 0.2) is 23.8 Å². The van der Waals surface area contributed by atoms with Crippen molar-refractivity contribution in [3.63, 3.8) is 0 Å². The first-order valence-corrected chi connectivity index (χ1v) is 14.0. The highest BCUT2D eigenvalue weighted by Crippen LogP contribution is 2.69. The number of hydrogen-bond donors (Lipinski definition) is 1. The Morgan fingerprint density at radius 1 is 1.19 bits per heavy atom. The van der Waals surface area contributed by atoms with Crippen molar-refractivity contribution in [3.8, 4) is 0 Å². The number of carbonyl (C=O) groups excluding carboxylic acids is 3. The van der Waals surface area contributed by atoms with E-state index in [1.807, 2.05) is 6.08 Å². The lowest BCUT2D eigenvalue weighted by Gasteiger charge is -2.59. The maximum absolute atomic E-state index is 14.0. The van der Waals surface area contributed by atoms with Gasteiger partial charge in [0, 0.05) is 23.7 Å². The van der Waals surface area contributed by atoms with Gasteiger partial charge in [-0.25, -0.2) is 0 Å². The van der Waals surface area contributed by atoms with Gasteiger partial charge in [-0.15, -0.1) is 0 Å². The Morgan fingerprint density at radius 2 is 1.95 bits per heavy atom. The SMILES string of the molecule is CC(=O)OCC(=O)C12ON(C3CCCCC3)OC1CC1C3CCC4=CC(=O)C=C[C@]4(C)C3[C@@H](O)C[C@@]12C. The molecular formula is C29H39NO7. The van der Waals surface area contributed by atoms with Crippen LogP contribution in [0.3, 0.4) is 0 Å². The van der Waals surface area contributed by atoms with Crippen molar-refractivity contribution in [2.24, 2.45) is 28.6 Å². The van der Waals surface area contributed by atoms with Gasteiger partial charge in [0.15, 0.2) is 18.0 Å². The van der Waals surface area contributed by atoms with E-state index in [-0.39, 0.29) is 47.4 Å². The Balaban J connectivity index is 1.37. The predicted molar refractivity (Wildman–Crippen MR) is 132 cm³/mol. The van der Waals surface area contributed by atoms with Crippen molar-refractivity contribution in [2.45, 2.75) is 102 Å². The number of fused-ring (bicyclic) bond motifs is 7. The molecule has 5 fully saturated rings. The summed E-state index contributed by atoms with van der Waals surface area (Å²) in [6, 6.07) is 0.0901. The van der Waals surface area contributed by atoms with Gasteiger partial charge < -0.3 is 9.84 Å². The number of ether oxygens (including phenoxy) is 1. The van der Waals surface area contributed by atoms with Crippen LogP contribution >= 0.6 is 0 Å². The third-order valence-corrected chi connectivity index (χ3v) is 10.8. The maximum atomic E-state index is 14.0. The lowest BCUT2D eigenvalue weighted by Crippen LogP contribution is -2.64. The molecule has 0 bridgehead atoms. The van der Waals surface area contributed by atoms with E-state index in [0.717, 1.165) is 44.1 Å². The van der Waals surface area contributed by atoms with Crippen molar-refractivity contribution in [1.82, 2.24) is 5.23 Å². The summed E-state index contributed by atoms with van der Waals surface area (Å²) in [6.07, 6.45) is 12.2. The Bertz CT molecular complexity index is 1060. The van der Waals surface area contributed by atoms with Crippen LogP contribution in [0.4, 0.5) is 0 Å². The molecule has 8 nitrogen and oxygen atoms in total. The first kappa shape index (κ1) is 25.4. The van der Waals surface area contributed by atoms with Crippen LogP contribution in [0, 0.1) is 28.6 Å². The molecule has 5 aliphatic carbocycles. The van der Waals surface area contributed by atoms with Crippen molar-refractivity contribution < 1.29 is 33.9 Å². The number of nitrogens with zero attached hydrogens (tertiary/aromatic N) is 1. The highest BCUT2D eigenvalue weighted by Gasteiger charge is 2.77. The molecule has 0 radical (unpaired) electrons. The molecule has 0 aromatic rings. The van der Waals surface area contributed by atoms with Crippen LogP contribution < -0.4 is 0 Å². The molecule has 1 aliphatic heterocycles. The molecule has 1 N–H and O–H groups in total. The number of hydrogen-bond acceptors (Lipinski definition) is 8. The number of rotatable bonds is 4. The van der Waals surface area contributed by atoms with Crippen LogP contribution in [-0.4, -0.2) is 58.3 Å². The second-order valence-corrected chi connectivity index (χ2v) is 12.6. The minimum absolute atomic E-state index is 0.0103. The third kappa shape index (κ3) is 3.59. The number of allylic oxidation sites excluding steroid dienone is 4. The number of ketones is 2. The van der Waals surface area contributed by atoms with E-state index in [9.17, 15) is 19.5 Å². The van der Waals surface area contributed by atoms with Crippen molar-refractivity contribution in [1.29, 1.82) is 0 Å². The largest absolute Gasteiger partial charge is 0.458 e. The quantitative estimate of drug-likeness (QED) is 0.569. The summed E-state index contributed by atoms with van der Waals surface area (Å²) < 4.78 is 5.20. The van der Waals surface area contributed by atoms with Crippen LogP contribution in [0.2, 0.25) is 0 Å². The van der Waals surface area contributed by atoms with Gasteiger partial charge in [0.2, 0.25) is 5.78 Å². The molecular weight excluding hydrogens is 474 g/mol. The second kappa shape index (κ2) is 8.83. The van der Waals surface area contributed by atoms with Gasteiger partial charge in [-0.1, -0.05) is 50.0 Å². The molecule has 4 saturated carbocycles. The predicted octanol–water partition coefficient (Wildman–Crippen LogP) is 3.63. The number of aliphatic hydroxyl groups excluding tert-OH is 1. The van der Waals surface area contributed by atoms with Gasteiger partial charge in [-0.05, 0) is 62.5 Å². The van der Waals surface area contributed by atoms with E-state index in [0.29, 0.717) is 12.8 Å². The molecule has 8 atom stereocenters. The fraction of sp³-hybridized carbons (Fsp3) is 0.759. The second-order valence-electron chi connectivity index (χ2n) is 12.6. The molecule has 0 aromatic carbocycles. The number of hydroxylamine groups is 2. The molecule has 0 amide bonds. The number of carbonyl (C=O) groups is 3. The van der Waals surface area contributed by atoms with Gasteiger partial charge in [-0.3, -0.25) is 24.1 Å². The first-order valence-electron chi connectivity index (χ1n) is 14.0. The Kier molecular flexibility index (Phi) is 6.06. The van der Waals surface area contributed by atoms with Gasteiger partial charge in [-0.2, -0.15) is 0 Å². The zero-order valence-electron chi connectivity index (χ0n) is 22.1. The highest BCUT2D eigenvalue weighted by molar-refractivity contribution is 6.01. The van der Waals surface area contributed by atoms with Crippen molar-refractivity contribution in [3.05, 3.63) is 23.8 Å². The monoisotopic (exact) mass is 513 g/mol. The molecule has 5 unspecified atom stereocenters. The summed E-state index contributed by atoms with van der Waals surface area (Å²) in [6.45, 7) is 5.15. The number of Topliss-reactive ketones (excluding diaryl/α,β-unsaturated/α-hetero) is 1. The molecule has 37 heavy (non-hydrogen) atoms.